The maximum Gasteiger partial charge on any atom is 0.255 e. The average molecular weight is 422 g/mol. The fourth-order valence-corrected chi connectivity index (χ4v) is 4.33. The standard InChI is InChI=1S/C25H31N3O3/c29-24-10-6-9-22(26-24)21-7-2-3-8-23(21)27-25(30)19-11-13-20(14-12-19)31-18-17-28-15-4-1-5-16-28/h2-3,7-8,11-14,22H,1,4-6,9-10,15-18H2,(H,26,29)(H,27,30). The zero-order valence-electron chi connectivity index (χ0n) is 17.9. The number of anilines is 1. The van der Waals surface area contributed by atoms with Crippen LogP contribution < -0.4 is 15.4 Å². The number of hydrogen-bond acceptors (Lipinski definition) is 4. The van der Waals surface area contributed by atoms with Crippen molar-refractivity contribution in [3.63, 3.8) is 0 Å². The van der Waals surface area contributed by atoms with Gasteiger partial charge in [0.2, 0.25) is 5.91 Å². The van der Waals surface area contributed by atoms with Crippen molar-refractivity contribution in [1.29, 1.82) is 0 Å². The number of nitrogens with one attached hydrogen (secondary N) is 2. The molecule has 6 heteroatoms. The molecule has 1 unspecified atom stereocenters. The van der Waals surface area contributed by atoms with Gasteiger partial charge in [-0.05, 0) is 74.7 Å². The van der Waals surface area contributed by atoms with E-state index in [1.165, 1.54) is 19.3 Å². The molecule has 0 aliphatic carbocycles. The van der Waals surface area contributed by atoms with Crippen molar-refractivity contribution < 1.29 is 14.3 Å². The van der Waals surface area contributed by atoms with E-state index in [1.54, 1.807) is 12.1 Å². The van der Waals surface area contributed by atoms with E-state index in [4.69, 9.17) is 4.74 Å². The minimum absolute atomic E-state index is 0.0616. The summed E-state index contributed by atoms with van der Waals surface area (Å²) in [5.74, 6) is 0.668. The molecule has 4 rings (SSSR count). The first-order chi connectivity index (χ1) is 15.2. The highest BCUT2D eigenvalue weighted by molar-refractivity contribution is 6.04. The number of piperidine rings is 2. The molecule has 2 aromatic rings. The Balaban J connectivity index is 1.33. The smallest absolute Gasteiger partial charge is 0.255 e. The number of amides is 2. The zero-order chi connectivity index (χ0) is 21.5. The van der Waals surface area contributed by atoms with E-state index in [0.717, 1.165) is 49.5 Å². The number of rotatable bonds is 7. The number of carbonyl (C=O) groups is 2. The van der Waals surface area contributed by atoms with E-state index in [9.17, 15) is 9.59 Å². The van der Waals surface area contributed by atoms with Crippen LogP contribution in [0.2, 0.25) is 0 Å². The van der Waals surface area contributed by atoms with Gasteiger partial charge in [0.05, 0.1) is 6.04 Å². The molecule has 2 fully saturated rings. The van der Waals surface area contributed by atoms with Crippen LogP contribution in [0.5, 0.6) is 5.75 Å². The summed E-state index contributed by atoms with van der Waals surface area (Å²) < 4.78 is 5.86. The Morgan fingerprint density at radius 1 is 1.03 bits per heavy atom. The first-order valence-electron chi connectivity index (χ1n) is 11.3. The third kappa shape index (κ3) is 5.85. The summed E-state index contributed by atoms with van der Waals surface area (Å²) in [5, 5.41) is 6.03. The van der Waals surface area contributed by atoms with Gasteiger partial charge in [-0.1, -0.05) is 24.6 Å². The van der Waals surface area contributed by atoms with Crippen molar-refractivity contribution >= 4 is 17.5 Å². The molecule has 2 heterocycles. The van der Waals surface area contributed by atoms with Crippen LogP contribution in [0.1, 0.15) is 60.5 Å². The predicted octanol–water partition coefficient (Wildman–Crippen LogP) is 4.14. The van der Waals surface area contributed by atoms with Gasteiger partial charge in [-0.3, -0.25) is 14.5 Å². The lowest BCUT2D eigenvalue weighted by molar-refractivity contribution is -0.123. The Labute approximate surface area is 184 Å². The van der Waals surface area contributed by atoms with Gasteiger partial charge >= 0.3 is 0 Å². The van der Waals surface area contributed by atoms with Gasteiger partial charge < -0.3 is 15.4 Å². The molecule has 164 valence electrons. The molecule has 0 spiro atoms. The third-order valence-electron chi connectivity index (χ3n) is 6.06. The number of hydrogen-bond donors (Lipinski definition) is 2. The van der Waals surface area contributed by atoms with Gasteiger partial charge in [0.1, 0.15) is 12.4 Å². The van der Waals surface area contributed by atoms with Gasteiger partial charge in [0, 0.05) is 24.2 Å². The minimum atomic E-state index is -0.172. The van der Waals surface area contributed by atoms with Gasteiger partial charge in [-0.25, -0.2) is 0 Å². The molecule has 2 aromatic carbocycles. The SMILES string of the molecule is O=C1CCCC(c2ccccc2NC(=O)c2ccc(OCCN3CCCCC3)cc2)N1. The molecule has 2 aliphatic heterocycles. The lowest BCUT2D eigenvalue weighted by Gasteiger charge is -2.26. The third-order valence-corrected chi connectivity index (χ3v) is 6.06. The van der Waals surface area contributed by atoms with E-state index in [0.29, 0.717) is 18.6 Å². The molecular formula is C25H31N3O3. The summed E-state index contributed by atoms with van der Waals surface area (Å²) >= 11 is 0. The van der Waals surface area contributed by atoms with Gasteiger partial charge in [0.25, 0.3) is 5.91 Å². The molecule has 2 amide bonds. The van der Waals surface area contributed by atoms with Gasteiger partial charge in [-0.15, -0.1) is 0 Å². The molecule has 31 heavy (non-hydrogen) atoms. The highest BCUT2D eigenvalue weighted by Gasteiger charge is 2.22. The van der Waals surface area contributed by atoms with Crippen LogP contribution in [0.15, 0.2) is 48.5 Å². The van der Waals surface area contributed by atoms with E-state index < -0.39 is 0 Å². The fraction of sp³-hybridized carbons (Fsp3) is 0.440. The second-order valence-corrected chi connectivity index (χ2v) is 8.33. The number of nitrogens with zero attached hydrogens (tertiary/aromatic N) is 1. The fourth-order valence-electron chi connectivity index (χ4n) is 4.33. The molecule has 0 aromatic heterocycles. The molecule has 6 nitrogen and oxygen atoms in total. The van der Waals surface area contributed by atoms with Crippen LogP contribution in [0.4, 0.5) is 5.69 Å². The first-order valence-corrected chi connectivity index (χ1v) is 11.3. The topological polar surface area (TPSA) is 70.7 Å². The molecule has 0 saturated carbocycles. The summed E-state index contributed by atoms with van der Waals surface area (Å²) in [6.45, 7) is 3.92. The van der Waals surface area contributed by atoms with Crippen molar-refractivity contribution in [2.24, 2.45) is 0 Å². The maximum absolute atomic E-state index is 12.8. The number of benzene rings is 2. The molecule has 2 N–H and O–H groups in total. The van der Waals surface area contributed by atoms with E-state index in [2.05, 4.69) is 15.5 Å². The van der Waals surface area contributed by atoms with Crippen molar-refractivity contribution in [1.82, 2.24) is 10.2 Å². The summed E-state index contributed by atoms with van der Waals surface area (Å²) in [6.07, 6.45) is 6.19. The van der Waals surface area contributed by atoms with Gasteiger partial charge in [-0.2, -0.15) is 0 Å². The Morgan fingerprint density at radius 2 is 1.81 bits per heavy atom. The lowest BCUT2D eigenvalue weighted by atomic mass is 9.95. The van der Waals surface area contributed by atoms with Crippen LogP contribution in [0, 0.1) is 0 Å². The Kier molecular flexibility index (Phi) is 7.20. The lowest BCUT2D eigenvalue weighted by Crippen LogP contribution is -2.33. The van der Waals surface area contributed by atoms with Crippen LogP contribution in [0.25, 0.3) is 0 Å². The van der Waals surface area contributed by atoms with E-state index >= 15 is 0 Å². The minimum Gasteiger partial charge on any atom is -0.492 e. The van der Waals surface area contributed by atoms with Crippen molar-refractivity contribution in [2.45, 2.75) is 44.6 Å². The Bertz CT molecular complexity index is 891. The summed E-state index contributed by atoms with van der Waals surface area (Å²) in [4.78, 5) is 27.0. The number of carbonyl (C=O) groups excluding carboxylic acids is 2. The predicted molar refractivity (Wildman–Crippen MR) is 121 cm³/mol. The van der Waals surface area contributed by atoms with E-state index in [1.807, 2.05) is 36.4 Å². The highest BCUT2D eigenvalue weighted by atomic mass is 16.5. The Hall–Kier alpha value is -2.86. The van der Waals surface area contributed by atoms with Crippen LogP contribution >= 0.6 is 0 Å². The maximum atomic E-state index is 12.8. The summed E-state index contributed by atoms with van der Waals surface area (Å²) in [6, 6.07) is 14.9. The highest BCUT2D eigenvalue weighted by Crippen LogP contribution is 2.29. The molecule has 1 atom stereocenters. The largest absolute Gasteiger partial charge is 0.492 e. The van der Waals surface area contributed by atoms with Crippen LogP contribution in [-0.4, -0.2) is 43.0 Å². The number of para-hydroxylation sites is 1. The normalized spacial score (nSPS) is 19.5. The van der Waals surface area contributed by atoms with Crippen LogP contribution in [0.3, 0.4) is 0 Å². The summed E-state index contributed by atoms with van der Waals surface area (Å²) in [7, 11) is 0. The molecule has 2 saturated heterocycles. The quantitative estimate of drug-likeness (QED) is 0.705. The first kappa shape index (κ1) is 21.4. The monoisotopic (exact) mass is 421 g/mol. The van der Waals surface area contributed by atoms with E-state index in [-0.39, 0.29) is 17.9 Å². The second kappa shape index (κ2) is 10.4. The van der Waals surface area contributed by atoms with Crippen LogP contribution in [-0.2, 0) is 4.79 Å². The molecular weight excluding hydrogens is 390 g/mol. The molecule has 2 aliphatic rings. The Morgan fingerprint density at radius 3 is 2.58 bits per heavy atom. The van der Waals surface area contributed by atoms with Crippen molar-refractivity contribution in [2.75, 3.05) is 31.6 Å². The molecule has 0 bridgehead atoms. The molecule has 0 radical (unpaired) electrons. The summed E-state index contributed by atoms with van der Waals surface area (Å²) in [5.41, 5.74) is 2.26. The number of ether oxygens (including phenoxy) is 1. The average Bonchev–Trinajstić information content (AvgIpc) is 2.80. The second-order valence-electron chi connectivity index (χ2n) is 8.33. The van der Waals surface area contributed by atoms with Gasteiger partial charge in [0.15, 0.2) is 0 Å². The van der Waals surface area contributed by atoms with Crippen molar-refractivity contribution in [3.05, 3.63) is 59.7 Å². The van der Waals surface area contributed by atoms with Crippen molar-refractivity contribution in [3.8, 4) is 5.75 Å². The zero-order valence-corrected chi connectivity index (χ0v) is 17.9. The number of likely N-dealkylation sites (tertiary alicyclic amines) is 1.